The molecule has 200 valence electrons. The summed E-state index contributed by atoms with van der Waals surface area (Å²) in [7, 11) is 1.47. The fourth-order valence-electron chi connectivity index (χ4n) is 4.23. The smallest absolute Gasteiger partial charge is 0.273 e. The van der Waals surface area contributed by atoms with E-state index >= 15 is 0 Å². The lowest BCUT2D eigenvalue weighted by molar-refractivity contribution is -0.167. The minimum Gasteiger partial charge on any atom is -0.493 e. The number of rotatable bonds is 10. The number of methoxy groups -OCH3 is 1. The zero-order chi connectivity index (χ0) is 27.0. The SMILES string of the molecule is COc1cc2nc(C)nc(N[C@H](C)c3cccc(C(C)(F)F)c3F)c2cc1OCCOC1CC(F)(F)C1. The Bertz CT molecular complexity index is 1270. The van der Waals surface area contributed by atoms with E-state index in [1.807, 2.05) is 0 Å². The van der Waals surface area contributed by atoms with E-state index in [1.165, 1.54) is 19.2 Å². The summed E-state index contributed by atoms with van der Waals surface area (Å²) >= 11 is 0. The third-order valence-electron chi connectivity index (χ3n) is 6.16. The van der Waals surface area contributed by atoms with Crippen LogP contribution in [0.5, 0.6) is 11.5 Å². The van der Waals surface area contributed by atoms with Crippen LogP contribution in [0, 0.1) is 12.7 Å². The predicted octanol–water partition coefficient (Wildman–Crippen LogP) is 6.56. The molecule has 37 heavy (non-hydrogen) atoms. The Morgan fingerprint density at radius 2 is 1.86 bits per heavy atom. The molecule has 0 radical (unpaired) electrons. The Labute approximate surface area is 211 Å². The van der Waals surface area contributed by atoms with Gasteiger partial charge in [-0.15, -0.1) is 0 Å². The molecule has 6 nitrogen and oxygen atoms in total. The summed E-state index contributed by atoms with van der Waals surface area (Å²) in [4.78, 5) is 8.86. The van der Waals surface area contributed by atoms with Crippen molar-refractivity contribution in [1.82, 2.24) is 9.97 Å². The first kappa shape index (κ1) is 26.8. The molecule has 2 aromatic carbocycles. The van der Waals surface area contributed by atoms with E-state index < -0.39 is 35.4 Å². The Morgan fingerprint density at radius 3 is 2.51 bits per heavy atom. The molecular formula is C26H28F5N3O3. The summed E-state index contributed by atoms with van der Waals surface area (Å²) < 4.78 is 85.2. The number of hydrogen-bond acceptors (Lipinski definition) is 6. The first-order chi connectivity index (χ1) is 17.4. The van der Waals surface area contributed by atoms with Crippen LogP contribution < -0.4 is 14.8 Å². The van der Waals surface area contributed by atoms with Crippen molar-refractivity contribution >= 4 is 16.7 Å². The number of aryl methyl sites for hydroxylation is 1. The van der Waals surface area contributed by atoms with Crippen LogP contribution in [-0.4, -0.2) is 42.3 Å². The lowest BCUT2D eigenvalue weighted by atomic mass is 9.91. The van der Waals surface area contributed by atoms with Crippen molar-refractivity contribution < 1.29 is 36.2 Å². The summed E-state index contributed by atoms with van der Waals surface area (Å²) in [6.45, 7) is 4.19. The predicted molar refractivity (Wildman–Crippen MR) is 128 cm³/mol. The number of halogens is 5. The summed E-state index contributed by atoms with van der Waals surface area (Å²) in [5.74, 6) is -5.46. The van der Waals surface area contributed by atoms with Gasteiger partial charge in [-0.05, 0) is 19.9 Å². The lowest BCUT2D eigenvalue weighted by Crippen LogP contribution is -2.41. The molecule has 1 saturated carbocycles. The molecule has 0 saturated heterocycles. The van der Waals surface area contributed by atoms with Crippen molar-refractivity contribution in [2.75, 3.05) is 25.6 Å². The molecular weight excluding hydrogens is 497 g/mol. The fraction of sp³-hybridized carbons (Fsp3) is 0.462. The summed E-state index contributed by atoms with van der Waals surface area (Å²) in [6, 6.07) is 6.48. The number of aromatic nitrogens is 2. The molecule has 4 rings (SSSR count). The second-order valence-corrected chi connectivity index (χ2v) is 9.21. The van der Waals surface area contributed by atoms with Crippen LogP contribution in [0.3, 0.4) is 0 Å². The average Bonchev–Trinajstić information content (AvgIpc) is 2.79. The van der Waals surface area contributed by atoms with Gasteiger partial charge in [0.05, 0.1) is 36.9 Å². The van der Waals surface area contributed by atoms with Gasteiger partial charge >= 0.3 is 0 Å². The van der Waals surface area contributed by atoms with Crippen LogP contribution in [-0.2, 0) is 10.7 Å². The molecule has 0 spiro atoms. The number of ether oxygens (including phenoxy) is 3. The van der Waals surface area contributed by atoms with E-state index in [4.69, 9.17) is 14.2 Å². The Morgan fingerprint density at radius 1 is 1.14 bits per heavy atom. The molecule has 3 aromatic rings. The van der Waals surface area contributed by atoms with Crippen molar-refractivity contribution in [3.05, 3.63) is 53.1 Å². The van der Waals surface area contributed by atoms with E-state index in [2.05, 4.69) is 15.3 Å². The molecule has 1 aromatic heterocycles. The molecule has 0 aliphatic heterocycles. The molecule has 1 N–H and O–H groups in total. The second kappa shape index (κ2) is 10.3. The first-order valence-corrected chi connectivity index (χ1v) is 11.8. The van der Waals surface area contributed by atoms with Gasteiger partial charge < -0.3 is 19.5 Å². The second-order valence-electron chi connectivity index (χ2n) is 9.21. The largest absolute Gasteiger partial charge is 0.493 e. The molecule has 1 aliphatic rings. The molecule has 1 aliphatic carbocycles. The number of fused-ring (bicyclic) bond motifs is 1. The van der Waals surface area contributed by atoms with Gasteiger partial charge in [-0.25, -0.2) is 31.9 Å². The van der Waals surface area contributed by atoms with Gasteiger partial charge in [-0.1, -0.05) is 18.2 Å². The van der Waals surface area contributed by atoms with Gasteiger partial charge in [0.1, 0.15) is 24.1 Å². The van der Waals surface area contributed by atoms with Crippen molar-refractivity contribution in [3.8, 4) is 11.5 Å². The minimum absolute atomic E-state index is 0.0622. The number of anilines is 1. The highest BCUT2D eigenvalue weighted by atomic mass is 19.3. The monoisotopic (exact) mass is 525 g/mol. The zero-order valence-corrected chi connectivity index (χ0v) is 20.9. The highest BCUT2D eigenvalue weighted by Crippen LogP contribution is 2.40. The topological polar surface area (TPSA) is 65.5 Å². The van der Waals surface area contributed by atoms with Gasteiger partial charge in [0, 0.05) is 36.8 Å². The van der Waals surface area contributed by atoms with Gasteiger partial charge in [-0.2, -0.15) is 0 Å². The Kier molecular flexibility index (Phi) is 7.45. The summed E-state index contributed by atoms with van der Waals surface area (Å²) in [5, 5.41) is 3.64. The number of nitrogens with zero attached hydrogens (tertiary/aromatic N) is 2. The van der Waals surface area contributed by atoms with E-state index in [9.17, 15) is 22.0 Å². The average molecular weight is 526 g/mol. The third kappa shape index (κ3) is 6.03. The van der Waals surface area contributed by atoms with Crippen LogP contribution in [0.4, 0.5) is 27.8 Å². The van der Waals surface area contributed by atoms with Crippen molar-refractivity contribution in [3.63, 3.8) is 0 Å². The maximum atomic E-state index is 14.9. The van der Waals surface area contributed by atoms with Crippen molar-refractivity contribution in [1.29, 1.82) is 0 Å². The minimum atomic E-state index is -3.33. The molecule has 11 heteroatoms. The normalized spacial score (nSPS) is 16.4. The van der Waals surface area contributed by atoms with Crippen LogP contribution >= 0.6 is 0 Å². The van der Waals surface area contributed by atoms with Crippen LogP contribution in [0.1, 0.15) is 49.7 Å². The third-order valence-corrected chi connectivity index (χ3v) is 6.16. The van der Waals surface area contributed by atoms with Gasteiger partial charge in [-0.3, -0.25) is 0 Å². The maximum absolute atomic E-state index is 14.9. The molecule has 1 heterocycles. The zero-order valence-electron chi connectivity index (χ0n) is 20.9. The van der Waals surface area contributed by atoms with Gasteiger partial charge in [0.25, 0.3) is 11.8 Å². The summed E-state index contributed by atoms with van der Waals surface area (Å²) in [5.41, 5.74) is -0.101. The molecule has 1 fully saturated rings. The Balaban J connectivity index is 1.56. The first-order valence-electron chi connectivity index (χ1n) is 11.8. The van der Waals surface area contributed by atoms with Crippen molar-refractivity contribution in [2.24, 2.45) is 0 Å². The quantitative estimate of drug-likeness (QED) is 0.239. The molecule has 1 atom stereocenters. The van der Waals surface area contributed by atoms with E-state index in [-0.39, 0.29) is 31.6 Å². The van der Waals surface area contributed by atoms with Gasteiger partial charge in [0.15, 0.2) is 11.5 Å². The lowest BCUT2D eigenvalue weighted by Gasteiger charge is -2.34. The van der Waals surface area contributed by atoms with E-state index in [1.54, 1.807) is 26.0 Å². The van der Waals surface area contributed by atoms with Gasteiger partial charge in [0.2, 0.25) is 0 Å². The number of hydrogen-bond donors (Lipinski definition) is 1. The van der Waals surface area contributed by atoms with Crippen molar-refractivity contribution in [2.45, 2.75) is 57.6 Å². The number of benzene rings is 2. The van der Waals surface area contributed by atoms with E-state index in [0.29, 0.717) is 41.0 Å². The number of nitrogens with one attached hydrogen (secondary N) is 1. The molecule has 0 unspecified atom stereocenters. The maximum Gasteiger partial charge on any atom is 0.273 e. The fourth-order valence-corrected chi connectivity index (χ4v) is 4.23. The highest BCUT2D eigenvalue weighted by molar-refractivity contribution is 5.92. The summed E-state index contributed by atoms with van der Waals surface area (Å²) in [6.07, 6.45) is -1.08. The standard InChI is InChI=1S/C26H28F5N3O3/c1-14(17-6-5-7-19(23(17)27)25(3,28)29)32-24-18-10-22(21(35-4)11-20(18)33-15(2)34-24)37-9-8-36-16-12-26(30,31)13-16/h5-7,10-11,14,16H,8-9,12-13H2,1-4H3,(H,32,33,34)/t14-/m1/s1. The van der Waals surface area contributed by atoms with Crippen LogP contribution in [0.25, 0.3) is 10.9 Å². The Hall–Kier alpha value is -3.21. The molecule has 0 amide bonds. The molecule has 0 bridgehead atoms. The van der Waals surface area contributed by atoms with E-state index in [0.717, 1.165) is 6.07 Å². The van der Waals surface area contributed by atoms with Crippen LogP contribution in [0.2, 0.25) is 0 Å². The van der Waals surface area contributed by atoms with Crippen LogP contribution in [0.15, 0.2) is 30.3 Å². The highest BCUT2D eigenvalue weighted by Gasteiger charge is 2.46. The number of alkyl halides is 4.